The van der Waals surface area contributed by atoms with Crippen molar-refractivity contribution in [2.24, 2.45) is 0 Å². The maximum atomic E-state index is 3.46. The maximum Gasteiger partial charge on any atom is 0.0211 e. The van der Waals surface area contributed by atoms with Gasteiger partial charge in [-0.15, -0.1) is 0 Å². The van der Waals surface area contributed by atoms with Crippen molar-refractivity contribution >= 4 is 5.57 Å². The zero-order valence-electron chi connectivity index (χ0n) is 8.56. The summed E-state index contributed by atoms with van der Waals surface area (Å²) in [5.74, 6) is 0. The van der Waals surface area contributed by atoms with Crippen LogP contribution in [0.25, 0.3) is 5.57 Å². The fourth-order valence-electron chi connectivity index (χ4n) is 2.56. The predicted molar refractivity (Wildman–Crippen MR) is 59.3 cm³/mol. The standard InChI is InChI=1S/C13H15N/c1-9-2-3-10-7-11-4-5-14-8-13(11)12(10)6-9/h2-3,6,14H,4-5,7-8H2,1H3. The van der Waals surface area contributed by atoms with Gasteiger partial charge in [0.15, 0.2) is 0 Å². The van der Waals surface area contributed by atoms with Gasteiger partial charge in [-0.25, -0.2) is 0 Å². The molecule has 1 aromatic rings. The Kier molecular flexibility index (Phi) is 1.74. The SMILES string of the molecule is Cc1ccc2c(c1)C1=C(CCNC1)C2. The number of aryl methyl sites for hydroxylation is 1. The normalized spacial score (nSPS) is 19.5. The van der Waals surface area contributed by atoms with Crippen LogP contribution in [0.15, 0.2) is 23.8 Å². The highest BCUT2D eigenvalue weighted by atomic mass is 14.9. The summed E-state index contributed by atoms with van der Waals surface area (Å²) in [4.78, 5) is 0. The molecular formula is C13H15N. The molecule has 0 amide bonds. The molecule has 0 atom stereocenters. The highest BCUT2D eigenvalue weighted by molar-refractivity contribution is 5.78. The summed E-state index contributed by atoms with van der Waals surface area (Å²) in [7, 11) is 0. The topological polar surface area (TPSA) is 12.0 Å². The Bertz CT molecular complexity index is 415. The predicted octanol–water partition coefficient (Wildman–Crippen LogP) is 2.30. The molecule has 1 N–H and O–H groups in total. The number of benzene rings is 1. The molecule has 1 heterocycles. The van der Waals surface area contributed by atoms with Crippen LogP contribution in [0.3, 0.4) is 0 Å². The van der Waals surface area contributed by atoms with Gasteiger partial charge >= 0.3 is 0 Å². The van der Waals surface area contributed by atoms with E-state index < -0.39 is 0 Å². The van der Waals surface area contributed by atoms with Gasteiger partial charge in [-0.2, -0.15) is 0 Å². The van der Waals surface area contributed by atoms with Gasteiger partial charge in [-0.1, -0.05) is 29.3 Å². The molecule has 1 aliphatic heterocycles. The Morgan fingerprint density at radius 1 is 1.29 bits per heavy atom. The lowest BCUT2D eigenvalue weighted by atomic mass is 10.0. The van der Waals surface area contributed by atoms with E-state index in [1.807, 2.05) is 0 Å². The molecule has 0 unspecified atom stereocenters. The minimum Gasteiger partial charge on any atom is -0.312 e. The third-order valence-electron chi connectivity index (χ3n) is 3.33. The van der Waals surface area contributed by atoms with Crippen molar-refractivity contribution in [2.75, 3.05) is 13.1 Å². The average molecular weight is 185 g/mol. The fraction of sp³-hybridized carbons (Fsp3) is 0.385. The van der Waals surface area contributed by atoms with E-state index in [1.165, 1.54) is 29.5 Å². The van der Waals surface area contributed by atoms with Crippen molar-refractivity contribution in [1.29, 1.82) is 0 Å². The molecular weight excluding hydrogens is 170 g/mol. The molecule has 0 saturated carbocycles. The van der Waals surface area contributed by atoms with Crippen molar-refractivity contribution in [3.05, 3.63) is 40.5 Å². The van der Waals surface area contributed by atoms with E-state index in [1.54, 1.807) is 11.1 Å². The van der Waals surface area contributed by atoms with Crippen molar-refractivity contribution in [3.8, 4) is 0 Å². The first-order chi connectivity index (χ1) is 6.84. The minimum atomic E-state index is 1.08. The second-order valence-corrected chi connectivity index (χ2v) is 4.35. The molecule has 3 rings (SSSR count). The lowest BCUT2D eigenvalue weighted by molar-refractivity contribution is 0.712. The molecule has 1 heteroatoms. The van der Waals surface area contributed by atoms with E-state index in [-0.39, 0.29) is 0 Å². The molecule has 0 fully saturated rings. The number of rotatable bonds is 0. The first-order valence-electron chi connectivity index (χ1n) is 5.36. The Morgan fingerprint density at radius 3 is 3.14 bits per heavy atom. The smallest absolute Gasteiger partial charge is 0.0211 e. The lowest BCUT2D eigenvalue weighted by Crippen LogP contribution is -2.22. The number of hydrogen-bond donors (Lipinski definition) is 1. The fourth-order valence-corrected chi connectivity index (χ4v) is 2.56. The molecule has 72 valence electrons. The van der Waals surface area contributed by atoms with Crippen LogP contribution in [0.5, 0.6) is 0 Å². The molecule has 0 saturated heterocycles. The lowest BCUT2D eigenvalue weighted by Gasteiger charge is -2.15. The van der Waals surface area contributed by atoms with E-state index in [9.17, 15) is 0 Å². The van der Waals surface area contributed by atoms with Gasteiger partial charge in [-0.3, -0.25) is 0 Å². The van der Waals surface area contributed by atoms with Crippen LogP contribution in [-0.2, 0) is 6.42 Å². The Morgan fingerprint density at radius 2 is 2.21 bits per heavy atom. The monoisotopic (exact) mass is 185 g/mol. The third kappa shape index (κ3) is 1.12. The van der Waals surface area contributed by atoms with E-state index in [4.69, 9.17) is 0 Å². The van der Waals surface area contributed by atoms with Crippen molar-refractivity contribution in [1.82, 2.24) is 5.32 Å². The van der Waals surface area contributed by atoms with Crippen molar-refractivity contribution in [3.63, 3.8) is 0 Å². The Labute approximate surface area is 84.8 Å². The molecule has 1 aromatic carbocycles. The van der Waals surface area contributed by atoms with Crippen molar-refractivity contribution < 1.29 is 0 Å². The van der Waals surface area contributed by atoms with Gasteiger partial charge in [-0.05, 0) is 43.0 Å². The highest BCUT2D eigenvalue weighted by Gasteiger charge is 2.22. The molecule has 14 heavy (non-hydrogen) atoms. The molecule has 1 nitrogen and oxygen atoms in total. The summed E-state index contributed by atoms with van der Waals surface area (Å²) < 4.78 is 0. The molecule has 1 aliphatic carbocycles. The molecule has 0 spiro atoms. The van der Waals surface area contributed by atoms with Gasteiger partial charge in [0.25, 0.3) is 0 Å². The van der Waals surface area contributed by atoms with Crippen LogP contribution in [-0.4, -0.2) is 13.1 Å². The van der Waals surface area contributed by atoms with E-state index in [0.29, 0.717) is 0 Å². The zero-order chi connectivity index (χ0) is 9.54. The van der Waals surface area contributed by atoms with Crippen LogP contribution in [0, 0.1) is 6.92 Å². The quantitative estimate of drug-likeness (QED) is 0.654. The maximum absolute atomic E-state index is 3.46. The number of hydrogen-bond acceptors (Lipinski definition) is 1. The molecule has 0 aromatic heterocycles. The molecule has 0 bridgehead atoms. The summed E-state index contributed by atoms with van der Waals surface area (Å²) in [5, 5.41) is 3.46. The van der Waals surface area contributed by atoms with Crippen molar-refractivity contribution in [2.45, 2.75) is 19.8 Å². The highest BCUT2D eigenvalue weighted by Crippen LogP contribution is 2.35. The summed E-state index contributed by atoms with van der Waals surface area (Å²) in [5.41, 5.74) is 7.67. The van der Waals surface area contributed by atoms with Crippen LogP contribution < -0.4 is 5.32 Å². The van der Waals surface area contributed by atoms with Gasteiger partial charge in [0, 0.05) is 6.54 Å². The van der Waals surface area contributed by atoms with Crippen LogP contribution in [0.2, 0.25) is 0 Å². The number of fused-ring (bicyclic) bond motifs is 2. The summed E-state index contributed by atoms with van der Waals surface area (Å²) in [6, 6.07) is 6.86. The third-order valence-corrected chi connectivity index (χ3v) is 3.33. The largest absolute Gasteiger partial charge is 0.312 e. The summed E-state index contributed by atoms with van der Waals surface area (Å²) in [6.45, 7) is 4.41. The van der Waals surface area contributed by atoms with Gasteiger partial charge in [0.1, 0.15) is 0 Å². The van der Waals surface area contributed by atoms with Crippen LogP contribution >= 0.6 is 0 Å². The summed E-state index contributed by atoms with van der Waals surface area (Å²) >= 11 is 0. The molecule has 0 radical (unpaired) electrons. The van der Waals surface area contributed by atoms with E-state index in [0.717, 1.165) is 13.1 Å². The van der Waals surface area contributed by atoms with E-state index >= 15 is 0 Å². The number of nitrogens with one attached hydrogen (secondary N) is 1. The summed E-state index contributed by atoms with van der Waals surface area (Å²) in [6.07, 6.45) is 2.44. The van der Waals surface area contributed by atoms with Gasteiger partial charge in [0.2, 0.25) is 0 Å². The zero-order valence-corrected chi connectivity index (χ0v) is 8.56. The van der Waals surface area contributed by atoms with Crippen LogP contribution in [0.1, 0.15) is 23.1 Å². The minimum absolute atomic E-state index is 1.08. The van der Waals surface area contributed by atoms with Gasteiger partial charge < -0.3 is 5.32 Å². The average Bonchev–Trinajstić information content (AvgIpc) is 2.56. The first-order valence-corrected chi connectivity index (χ1v) is 5.36. The van der Waals surface area contributed by atoms with Gasteiger partial charge in [0.05, 0.1) is 0 Å². The second kappa shape index (κ2) is 2.96. The van der Waals surface area contributed by atoms with Crippen LogP contribution in [0.4, 0.5) is 0 Å². The Balaban J connectivity index is 2.12. The second-order valence-electron chi connectivity index (χ2n) is 4.35. The van der Waals surface area contributed by atoms with E-state index in [2.05, 4.69) is 30.4 Å². The first kappa shape index (κ1) is 8.25. The Hall–Kier alpha value is -1.08. The molecule has 2 aliphatic rings.